The Balaban J connectivity index is 2.22. The number of piperidine rings is 1. The maximum absolute atomic E-state index is 14.0. The van der Waals surface area contributed by atoms with Gasteiger partial charge in [-0.25, -0.2) is 4.39 Å². The molecule has 6 heteroatoms. The summed E-state index contributed by atoms with van der Waals surface area (Å²) < 4.78 is 18.6. The van der Waals surface area contributed by atoms with Crippen molar-refractivity contribution < 1.29 is 18.7 Å². The van der Waals surface area contributed by atoms with Gasteiger partial charge in [0.1, 0.15) is 0 Å². The minimum atomic E-state index is -0.716. The molecule has 0 radical (unpaired) electrons. The summed E-state index contributed by atoms with van der Waals surface area (Å²) in [5.41, 5.74) is -0.0562. The minimum absolute atomic E-state index is 0.0562. The van der Waals surface area contributed by atoms with E-state index in [9.17, 15) is 14.0 Å². The maximum atomic E-state index is 14.0. The number of carbonyl (C=O) groups excluding carboxylic acids is 2. The zero-order valence-corrected chi connectivity index (χ0v) is 12.5. The first-order valence-electron chi connectivity index (χ1n) is 6.86. The molecular weight excluding hydrogens is 297 g/mol. The molecule has 1 aliphatic rings. The minimum Gasteiger partial charge on any atom is -0.469 e. The molecular formula is C15H17ClFNO3. The fourth-order valence-electron chi connectivity index (χ4n) is 2.58. The Morgan fingerprint density at radius 1 is 1.43 bits per heavy atom. The molecule has 1 aromatic rings. The van der Waals surface area contributed by atoms with Gasteiger partial charge < -0.3 is 9.64 Å². The molecule has 1 aliphatic heterocycles. The molecule has 0 N–H and O–H groups in total. The molecule has 1 heterocycles. The summed E-state index contributed by atoms with van der Waals surface area (Å²) in [6.45, 7) is 0.506. The third-order valence-electron chi connectivity index (χ3n) is 3.70. The Labute approximate surface area is 127 Å². The molecule has 114 valence electrons. The number of amides is 1. The summed E-state index contributed by atoms with van der Waals surface area (Å²) in [7, 11) is 1.31. The van der Waals surface area contributed by atoms with Gasteiger partial charge in [-0.2, -0.15) is 0 Å². The SMILES string of the molecule is COC(=O)CC1CCCCN1C(=O)c1cccc(Cl)c1F. The Bertz CT molecular complexity index is 550. The van der Waals surface area contributed by atoms with Crippen molar-refractivity contribution in [1.82, 2.24) is 4.90 Å². The lowest BCUT2D eigenvalue weighted by Gasteiger charge is -2.35. The molecule has 1 saturated heterocycles. The molecule has 2 rings (SSSR count). The number of halogens is 2. The number of carbonyl (C=O) groups is 2. The summed E-state index contributed by atoms with van der Waals surface area (Å²) in [4.78, 5) is 25.5. The summed E-state index contributed by atoms with van der Waals surface area (Å²) >= 11 is 5.72. The number of benzene rings is 1. The van der Waals surface area contributed by atoms with Crippen molar-refractivity contribution in [1.29, 1.82) is 0 Å². The van der Waals surface area contributed by atoms with Crippen molar-refractivity contribution >= 4 is 23.5 Å². The van der Waals surface area contributed by atoms with Crippen molar-refractivity contribution in [3.8, 4) is 0 Å². The highest BCUT2D eigenvalue weighted by molar-refractivity contribution is 6.31. The predicted octanol–water partition coefficient (Wildman–Crippen LogP) is 3.04. The van der Waals surface area contributed by atoms with Crippen LogP contribution in [-0.4, -0.2) is 36.5 Å². The standard InChI is InChI=1S/C15H17ClFNO3/c1-21-13(19)9-10-5-2-3-8-18(10)15(20)11-6-4-7-12(16)14(11)17/h4,6-7,10H,2-3,5,8-9H2,1H3. The van der Waals surface area contributed by atoms with E-state index in [1.54, 1.807) is 4.90 Å². The number of hydrogen-bond donors (Lipinski definition) is 0. The topological polar surface area (TPSA) is 46.6 Å². The van der Waals surface area contributed by atoms with Gasteiger partial charge in [-0.05, 0) is 31.4 Å². The van der Waals surface area contributed by atoms with E-state index >= 15 is 0 Å². The number of rotatable bonds is 3. The number of esters is 1. The monoisotopic (exact) mass is 313 g/mol. The molecule has 1 atom stereocenters. The Morgan fingerprint density at radius 2 is 2.19 bits per heavy atom. The van der Waals surface area contributed by atoms with E-state index in [-0.39, 0.29) is 29.0 Å². The van der Waals surface area contributed by atoms with Crippen LogP contribution in [0.4, 0.5) is 4.39 Å². The molecule has 21 heavy (non-hydrogen) atoms. The van der Waals surface area contributed by atoms with Gasteiger partial charge in [0.2, 0.25) is 0 Å². The number of likely N-dealkylation sites (tertiary alicyclic amines) is 1. The Morgan fingerprint density at radius 3 is 2.90 bits per heavy atom. The molecule has 0 spiro atoms. The van der Waals surface area contributed by atoms with Crippen molar-refractivity contribution in [3.63, 3.8) is 0 Å². The number of nitrogens with zero attached hydrogens (tertiary/aromatic N) is 1. The molecule has 1 amide bonds. The average Bonchev–Trinajstić information content (AvgIpc) is 2.50. The third kappa shape index (κ3) is 3.53. The Hall–Kier alpha value is -1.62. The summed E-state index contributed by atoms with van der Waals surface area (Å²) in [6, 6.07) is 4.10. The first-order chi connectivity index (χ1) is 10.0. The van der Waals surface area contributed by atoms with Crippen molar-refractivity contribution in [2.45, 2.75) is 31.7 Å². The number of hydrogen-bond acceptors (Lipinski definition) is 3. The highest BCUT2D eigenvalue weighted by Crippen LogP contribution is 2.25. The smallest absolute Gasteiger partial charge is 0.307 e. The lowest BCUT2D eigenvalue weighted by molar-refractivity contribution is -0.142. The van der Waals surface area contributed by atoms with Gasteiger partial charge in [-0.1, -0.05) is 17.7 Å². The first-order valence-corrected chi connectivity index (χ1v) is 7.24. The first kappa shape index (κ1) is 15.8. The van der Waals surface area contributed by atoms with Gasteiger partial charge in [-0.15, -0.1) is 0 Å². The predicted molar refractivity (Wildman–Crippen MR) is 76.7 cm³/mol. The molecule has 1 aromatic carbocycles. The lowest BCUT2D eigenvalue weighted by atomic mass is 9.98. The largest absolute Gasteiger partial charge is 0.469 e. The number of ether oxygens (including phenoxy) is 1. The van der Waals surface area contributed by atoms with E-state index in [2.05, 4.69) is 4.74 Å². The van der Waals surface area contributed by atoms with Crippen LogP contribution in [0.25, 0.3) is 0 Å². The average molecular weight is 314 g/mol. The fraction of sp³-hybridized carbons (Fsp3) is 0.467. The van der Waals surface area contributed by atoms with Crippen LogP contribution in [0, 0.1) is 5.82 Å². The molecule has 0 aliphatic carbocycles. The van der Waals surface area contributed by atoms with Gasteiger partial charge in [0.05, 0.1) is 24.1 Å². The fourth-order valence-corrected chi connectivity index (χ4v) is 2.75. The molecule has 0 saturated carbocycles. The molecule has 1 unspecified atom stereocenters. The van der Waals surface area contributed by atoms with Crippen LogP contribution in [-0.2, 0) is 9.53 Å². The second kappa shape index (κ2) is 6.89. The van der Waals surface area contributed by atoms with Crippen LogP contribution >= 0.6 is 11.6 Å². The highest BCUT2D eigenvalue weighted by Gasteiger charge is 2.31. The summed E-state index contributed by atoms with van der Waals surface area (Å²) in [6.07, 6.45) is 2.61. The van der Waals surface area contributed by atoms with Gasteiger partial charge in [0, 0.05) is 12.6 Å². The zero-order valence-electron chi connectivity index (χ0n) is 11.8. The summed E-state index contributed by atoms with van der Waals surface area (Å²) in [5.74, 6) is -1.51. The van der Waals surface area contributed by atoms with Gasteiger partial charge in [0.25, 0.3) is 5.91 Å². The lowest BCUT2D eigenvalue weighted by Crippen LogP contribution is -2.45. The van der Waals surface area contributed by atoms with Crippen LogP contribution in [0.15, 0.2) is 18.2 Å². The molecule has 1 fully saturated rings. The van der Waals surface area contributed by atoms with E-state index in [4.69, 9.17) is 11.6 Å². The molecule has 0 bridgehead atoms. The van der Waals surface area contributed by atoms with Gasteiger partial charge >= 0.3 is 5.97 Å². The van der Waals surface area contributed by atoms with Gasteiger partial charge in [0.15, 0.2) is 5.82 Å². The second-order valence-corrected chi connectivity index (χ2v) is 5.44. The summed E-state index contributed by atoms with van der Waals surface area (Å²) in [5, 5.41) is -0.0811. The van der Waals surface area contributed by atoms with Crippen LogP contribution in [0.3, 0.4) is 0 Å². The Kier molecular flexibility index (Phi) is 5.17. The van der Waals surface area contributed by atoms with Crippen LogP contribution < -0.4 is 0 Å². The van der Waals surface area contributed by atoms with E-state index < -0.39 is 11.7 Å². The number of methoxy groups -OCH3 is 1. The van der Waals surface area contributed by atoms with Crippen molar-refractivity contribution in [2.75, 3.05) is 13.7 Å². The second-order valence-electron chi connectivity index (χ2n) is 5.03. The highest BCUT2D eigenvalue weighted by atomic mass is 35.5. The van der Waals surface area contributed by atoms with E-state index in [1.807, 2.05) is 0 Å². The maximum Gasteiger partial charge on any atom is 0.307 e. The molecule has 4 nitrogen and oxygen atoms in total. The zero-order chi connectivity index (χ0) is 15.4. The van der Waals surface area contributed by atoms with Crippen LogP contribution in [0.2, 0.25) is 5.02 Å². The van der Waals surface area contributed by atoms with Gasteiger partial charge in [-0.3, -0.25) is 9.59 Å². The van der Waals surface area contributed by atoms with Crippen molar-refractivity contribution in [2.24, 2.45) is 0 Å². The quantitative estimate of drug-likeness (QED) is 0.806. The van der Waals surface area contributed by atoms with E-state index in [0.29, 0.717) is 13.0 Å². The van der Waals surface area contributed by atoms with E-state index in [1.165, 1.54) is 25.3 Å². The third-order valence-corrected chi connectivity index (χ3v) is 3.99. The van der Waals surface area contributed by atoms with Crippen molar-refractivity contribution in [3.05, 3.63) is 34.6 Å². The molecule has 0 aromatic heterocycles. The van der Waals surface area contributed by atoms with E-state index in [0.717, 1.165) is 12.8 Å². The van der Waals surface area contributed by atoms with Crippen LogP contribution in [0.5, 0.6) is 0 Å². The van der Waals surface area contributed by atoms with Crippen LogP contribution in [0.1, 0.15) is 36.0 Å². The normalized spacial score (nSPS) is 18.4.